The van der Waals surface area contributed by atoms with Crippen molar-refractivity contribution in [2.75, 3.05) is 24.6 Å². The van der Waals surface area contributed by atoms with Gasteiger partial charge in [0.2, 0.25) is 5.91 Å². The van der Waals surface area contributed by atoms with Crippen molar-refractivity contribution >= 4 is 11.7 Å². The number of hydroxylamine groups is 2. The molecular weight excluding hydrogens is 370 g/mol. The number of nitriles is 2. The van der Waals surface area contributed by atoms with Crippen LogP contribution in [0.1, 0.15) is 42.1 Å². The fourth-order valence-electron chi connectivity index (χ4n) is 3.81. The van der Waals surface area contributed by atoms with Gasteiger partial charge >= 0.3 is 0 Å². The van der Waals surface area contributed by atoms with E-state index in [0.29, 0.717) is 56.0 Å². The molecule has 2 aromatic heterocycles. The van der Waals surface area contributed by atoms with Crippen molar-refractivity contribution in [2.45, 2.75) is 25.3 Å². The van der Waals surface area contributed by atoms with Gasteiger partial charge in [-0.15, -0.1) is 0 Å². The van der Waals surface area contributed by atoms with Crippen molar-refractivity contribution in [3.63, 3.8) is 0 Å². The molecule has 4 heterocycles. The second-order valence-electron chi connectivity index (χ2n) is 7.06. The molecule has 0 radical (unpaired) electrons. The minimum absolute atomic E-state index is 0.0325. The molecular formula is C20H19N7O2. The summed E-state index contributed by atoms with van der Waals surface area (Å²) in [6.07, 6.45) is 6.61. The van der Waals surface area contributed by atoms with Gasteiger partial charge in [0, 0.05) is 43.9 Å². The number of nitrogens with zero attached hydrogens (tertiary/aromatic N) is 7. The molecule has 29 heavy (non-hydrogen) atoms. The first-order chi connectivity index (χ1) is 14.2. The van der Waals surface area contributed by atoms with Crippen LogP contribution in [0.2, 0.25) is 0 Å². The Bertz CT molecular complexity index is 989. The highest BCUT2D eigenvalue weighted by atomic mass is 16.7. The Morgan fingerprint density at radius 1 is 1.10 bits per heavy atom. The normalized spacial score (nSPS) is 19.6. The molecule has 0 spiro atoms. The third-order valence-electron chi connectivity index (χ3n) is 5.33. The predicted octanol–water partition coefficient (Wildman–Crippen LogP) is 1.74. The molecule has 1 amide bonds. The molecule has 9 nitrogen and oxygen atoms in total. The van der Waals surface area contributed by atoms with Gasteiger partial charge in [-0.25, -0.2) is 15.0 Å². The van der Waals surface area contributed by atoms with Crippen molar-refractivity contribution in [2.24, 2.45) is 5.92 Å². The number of carbonyl (C=O) groups excluding carboxylic acids is 1. The van der Waals surface area contributed by atoms with E-state index in [0.717, 1.165) is 5.56 Å². The fraction of sp³-hybridized carbons (Fsp3) is 0.400. The van der Waals surface area contributed by atoms with Crippen molar-refractivity contribution in [1.82, 2.24) is 20.0 Å². The molecule has 0 unspecified atom stereocenters. The van der Waals surface area contributed by atoms with Crippen LogP contribution in [0.4, 0.5) is 5.82 Å². The first-order valence-electron chi connectivity index (χ1n) is 9.47. The van der Waals surface area contributed by atoms with Crippen molar-refractivity contribution in [1.29, 1.82) is 10.5 Å². The topological polar surface area (TPSA) is 119 Å². The standard InChI is InChI=1S/C20H19N7O2/c21-9-14-7-16(12-23-11-14)18-3-6-29-27(18)20(28)15-1-4-26(5-2-15)19-8-17(10-22)24-13-25-19/h7-8,11-13,15,18H,1-6H2/t18-/m0/s1. The maximum absolute atomic E-state index is 13.1. The van der Waals surface area contributed by atoms with Crippen LogP contribution in [0.15, 0.2) is 30.9 Å². The van der Waals surface area contributed by atoms with Crippen LogP contribution in [-0.4, -0.2) is 45.6 Å². The Morgan fingerprint density at radius 2 is 1.93 bits per heavy atom. The zero-order chi connectivity index (χ0) is 20.2. The van der Waals surface area contributed by atoms with Gasteiger partial charge in [0.1, 0.15) is 30.0 Å². The number of pyridine rings is 1. The molecule has 0 aliphatic carbocycles. The second kappa shape index (κ2) is 8.21. The van der Waals surface area contributed by atoms with Gasteiger partial charge in [0.05, 0.1) is 18.2 Å². The average molecular weight is 389 g/mol. The van der Waals surface area contributed by atoms with Crippen LogP contribution in [-0.2, 0) is 9.63 Å². The number of rotatable bonds is 3. The molecule has 2 saturated heterocycles. The molecule has 0 bridgehead atoms. The summed E-state index contributed by atoms with van der Waals surface area (Å²) in [5, 5.41) is 19.6. The van der Waals surface area contributed by atoms with Gasteiger partial charge < -0.3 is 4.90 Å². The lowest BCUT2D eigenvalue weighted by Gasteiger charge is -2.34. The first-order valence-corrected chi connectivity index (χ1v) is 9.47. The zero-order valence-electron chi connectivity index (χ0n) is 15.7. The third-order valence-corrected chi connectivity index (χ3v) is 5.33. The lowest BCUT2D eigenvalue weighted by molar-refractivity contribution is -0.182. The number of amides is 1. The Kier molecular flexibility index (Phi) is 5.32. The molecule has 0 aromatic carbocycles. The van der Waals surface area contributed by atoms with E-state index in [1.807, 2.05) is 6.07 Å². The van der Waals surface area contributed by atoms with Crippen molar-refractivity contribution in [3.05, 3.63) is 47.7 Å². The Balaban J connectivity index is 1.42. The van der Waals surface area contributed by atoms with E-state index in [1.54, 1.807) is 18.3 Å². The molecule has 2 fully saturated rings. The molecule has 1 atom stereocenters. The Morgan fingerprint density at radius 3 is 2.69 bits per heavy atom. The third kappa shape index (κ3) is 3.86. The molecule has 9 heteroatoms. The summed E-state index contributed by atoms with van der Waals surface area (Å²) in [6, 6.07) is 7.31. The van der Waals surface area contributed by atoms with E-state index in [1.165, 1.54) is 17.6 Å². The van der Waals surface area contributed by atoms with Gasteiger partial charge in [-0.2, -0.15) is 10.5 Å². The van der Waals surface area contributed by atoms with Crippen LogP contribution in [0.25, 0.3) is 0 Å². The molecule has 0 saturated carbocycles. The summed E-state index contributed by atoms with van der Waals surface area (Å²) in [6.45, 7) is 1.80. The summed E-state index contributed by atoms with van der Waals surface area (Å²) >= 11 is 0. The molecule has 0 N–H and O–H groups in total. The van der Waals surface area contributed by atoms with Crippen LogP contribution in [0.3, 0.4) is 0 Å². The Hall–Kier alpha value is -3.56. The number of hydrogen-bond acceptors (Lipinski definition) is 8. The van der Waals surface area contributed by atoms with Crippen LogP contribution >= 0.6 is 0 Å². The minimum atomic E-state index is -0.221. The SMILES string of the molecule is N#Cc1cncc([C@@H]2CCON2C(=O)C2CCN(c3cc(C#N)ncn3)CC2)c1. The van der Waals surface area contributed by atoms with E-state index in [-0.39, 0.29) is 17.9 Å². The highest BCUT2D eigenvalue weighted by Gasteiger charge is 2.37. The second-order valence-corrected chi connectivity index (χ2v) is 7.06. The lowest BCUT2D eigenvalue weighted by atomic mass is 9.94. The smallest absolute Gasteiger partial charge is 0.249 e. The maximum Gasteiger partial charge on any atom is 0.249 e. The average Bonchev–Trinajstić information content (AvgIpc) is 3.29. The zero-order valence-corrected chi connectivity index (χ0v) is 15.7. The van der Waals surface area contributed by atoms with E-state index in [2.05, 4.69) is 25.9 Å². The number of carbonyl (C=O) groups is 1. The van der Waals surface area contributed by atoms with Crippen LogP contribution in [0, 0.1) is 28.6 Å². The van der Waals surface area contributed by atoms with Crippen LogP contribution < -0.4 is 4.90 Å². The highest BCUT2D eigenvalue weighted by Crippen LogP contribution is 2.33. The van der Waals surface area contributed by atoms with Gasteiger partial charge in [0.25, 0.3) is 0 Å². The molecule has 146 valence electrons. The molecule has 2 aromatic rings. The molecule has 2 aliphatic rings. The van der Waals surface area contributed by atoms with Crippen molar-refractivity contribution in [3.8, 4) is 12.1 Å². The summed E-state index contributed by atoms with van der Waals surface area (Å²) in [4.78, 5) is 33.1. The predicted molar refractivity (Wildman–Crippen MR) is 101 cm³/mol. The summed E-state index contributed by atoms with van der Waals surface area (Å²) in [7, 11) is 0. The first kappa shape index (κ1) is 18.8. The largest absolute Gasteiger partial charge is 0.356 e. The number of anilines is 1. The molecule has 4 rings (SSSR count). The van der Waals surface area contributed by atoms with E-state index in [4.69, 9.17) is 15.4 Å². The highest BCUT2D eigenvalue weighted by molar-refractivity contribution is 5.79. The Labute approximate surface area is 168 Å². The quantitative estimate of drug-likeness (QED) is 0.779. The maximum atomic E-state index is 13.1. The summed E-state index contributed by atoms with van der Waals surface area (Å²) in [5.41, 5.74) is 1.61. The number of aromatic nitrogens is 3. The molecule has 2 aliphatic heterocycles. The van der Waals surface area contributed by atoms with E-state index < -0.39 is 0 Å². The van der Waals surface area contributed by atoms with E-state index >= 15 is 0 Å². The fourth-order valence-corrected chi connectivity index (χ4v) is 3.81. The van der Waals surface area contributed by atoms with Gasteiger partial charge in [-0.1, -0.05) is 0 Å². The van der Waals surface area contributed by atoms with Gasteiger partial charge in [0.15, 0.2) is 0 Å². The monoisotopic (exact) mass is 389 g/mol. The van der Waals surface area contributed by atoms with Gasteiger partial charge in [-0.05, 0) is 24.5 Å². The summed E-state index contributed by atoms with van der Waals surface area (Å²) < 4.78 is 0. The lowest BCUT2D eigenvalue weighted by Crippen LogP contribution is -2.42. The number of piperidine rings is 1. The summed E-state index contributed by atoms with van der Waals surface area (Å²) in [5.74, 6) is 0.531. The van der Waals surface area contributed by atoms with E-state index in [9.17, 15) is 4.79 Å². The van der Waals surface area contributed by atoms with Crippen molar-refractivity contribution < 1.29 is 9.63 Å². The van der Waals surface area contributed by atoms with Crippen LogP contribution in [0.5, 0.6) is 0 Å². The number of hydrogen-bond donors (Lipinski definition) is 0. The van der Waals surface area contributed by atoms with Gasteiger partial charge in [-0.3, -0.25) is 14.6 Å². The minimum Gasteiger partial charge on any atom is -0.356 e.